The lowest BCUT2D eigenvalue weighted by Crippen LogP contribution is -2.33. The van der Waals surface area contributed by atoms with Gasteiger partial charge in [-0.05, 0) is 39.0 Å². The molecule has 1 aromatic carbocycles. The monoisotopic (exact) mass is 471 g/mol. The van der Waals surface area contributed by atoms with E-state index in [1.54, 1.807) is 0 Å². The molecule has 4 N–H and O–H groups in total. The van der Waals surface area contributed by atoms with Gasteiger partial charge in [-0.2, -0.15) is 0 Å². The van der Waals surface area contributed by atoms with Crippen molar-refractivity contribution in [2.24, 2.45) is 5.73 Å². The maximum atomic E-state index is 6.24. The maximum absolute atomic E-state index is 6.24. The van der Waals surface area contributed by atoms with Gasteiger partial charge in [0.2, 0.25) is 0 Å². The van der Waals surface area contributed by atoms with Crippen molar-refractivity contribution in [3.05, 3.63) is 28.5 Å². The molecular formula is C19H27BrClN5O2. The Morgan fingerprint density at radius 2 is 2.00 bits per heavy atom. The molecule has 0 radical (unpaired) electrons. The second-order valence-electron chi connectivity index (χ2n) is 7.00. The number of nitrogens with zero attached hydrogens (tertiary/aromatic N) is 3. The Morgan fingerprint density at radius 1 is 1.25 bits per heavy atom. The minimum Gasteiger partial charge on any atom is -0.382 e. The fraction of sp³-hybridized carbons (Fsp3) is 0.474. The summed E-state index contributed by atoms with van der Waals surface area (Å²) >= 11 is 3.50. The summed E-state index contributed by atoms with van der Waals surface area (Å²) in [6, 6.07) is 5.99. The first-order chi connectivity index (χ1) is 12.9. The molecule has 0 saturated heterocycles. The lowest BCUT2D eigenvalue weighted by atomic mass is 10.1. The van der Waals surface area contributed by atoms with Gasteiger partial charge in [-0.25, -0.2) is 9.97 Å². The Hall–Kier alpha value is -1.45. The molecule has 0 atom stereocenters. The quantitative estimate of drug-likeness (QED) is 0.519. The summed E-state index contributed by atoms with van der Waals surface area (Å²) in [5.41, 5.74) is 13.9. The molecule has 0 bridgehead atoms. The van der Waals surface area contributed by atoms with Crippen LogP contribution in [0.2, 0.25) is 0 Å². The van der Waals surface area contributed by atoms with Crippen molar-refractivity contribution < 1.29 is 9.47 Å². The van der Waals surface area contributed by atoms with Gasteiger partial charge >= 0.3 is 0 Å². The molecule has 28 heavy (non-hydrogen) atoms. The van der Waals surface area contributed by atoms with E-state index in [1.165, 1.54) is 0 Å². The van der Waals surface area contributed by atoms with Gasteiger partial charge in [-0.15, -0.1) is 12.4 Å². The molecule has 2 aromatic heterocycles. The number of aromatic nitrogens is 3. The summed E-state index contributed by atoms with van der Waals surface area (Å²) < 4.78 is 14.7. The molecule has 7 nitrogen and oxygen atoms in total. The zero-order chi connectivity index (χ0) is 19.6. The van der Waals surface area contributed by atoms with Crippen LogP contribution in [0, 0.1) is 0 Å². The van der Waals surface area contributed by atoms with Crippen LogP contribution in [0.25, 0.3) is 21.9 Å². The highest BCUT2D eigenvalue weighted by atomic mass is 79.9. The molecular weight excluding hydrogens is 446 g/mol. The number of imidazole rings is 1. The number of nitrogen functional groups attached to an aromatic ring is 1. The van der Waals surface area contributed by atoms with Crippen LogP contribution in [0.15, 0.2) is 22.7 Å². The molecule has 0 aliphatic heterocycles. The third kappa shape index (κ3) is 4.75. The van der Waals surface area contributed by atoms with Gasteiger partial charge in [0.05, 0.1) is 29.8 Å². The van der Waals surface area contributed by atoms with Crippen LogP contribution in [0.3, 0.4) is 0 Å². The average molecular weight is 473 g/mol. The summed E-state index contributed by atoms with van der Waals surface area (Å²) in [6.45, 7) is 8.63. The van der Waals surface area contributed by atoms with Crippen molar-refractivity contribution in [2.45, 2.75) is 39.5 Å². The molecule has 3 rings (SSSR count). The largest absolute Gasteiger partial charge is 0.382 e. The predicted octanol–water partition coefficient (Wildman–Crippen LogP) is 3.64. The summed E-state index contributed by atoms with van der Waals surface area (Å²) in [7, 11) is 0. The third-order valence-electron chi connectivity index (χ3n) is 4.33. The molecule has 0 aliphatic rings. The normalized spacial score (nSPS) is 11.9. The highest BCUT2D eigenvalue weighted by Crippen LogP contribution is 2.32. The lowest BCUT2D eigenvalue weighted by molar-refractivity contribution is -0.0258. The van der Waals surface area contributed by atoms with E-state index in [0.717, 1.165) is 26.7 Å². The standard InChI is InChI=1S/C19H26BrN5O2.ClH/c1-4-26-10-15-24-16-17(25(15)11-19(2,3)27-8-7-21)13-6-5-12(20)9-14(13)23-18(16)22;/h5-6,9H,4,7-8,10-11,21H2,1-3H3,(H2,22,23);1H. The molecule has 2 heterocycles. The number of rotatable bonds is 8. The third-order valence-corrected chi connectivity index (χ3v) is 4.82. The van der Waals surface area contributed by atoms with Gasteiger partial charge in [-0.1, -0.05) is 15.9 Å². The Labute approximate surface area is 179 Å². The van der Waals surface area contributed by atoms with Crippen molar-refractivity contribution in [1.29, 1.82) is 0 Å². The van der Waals surface area contributed by atoms with E-state index in [2.05, 4.69) is 25.5 Å². The first-order valence-corrected chi connectivity index (χ1v) is 9.81. The van der Waals surface area contributed by atoms with Crippen molar-refractivity contribution in [1.82, 2.24) is 14.5 Å². The number of ether oxygens (including phenoxy) is 2. The number of anilines is 1. The first kappa shape index (κ1) is 22.8. The van der Waals surface area contributed by atoms with Gasteiger partial charge in [0.1, 0.15) is 17.9 Å². The van der Waals surface area contributed by atoms with E-state index in [9.17, 15) is 0 Å². The Morgan fingerprint density at radius 3 is 2.68 bits per heavy atom. The fourth-order valence-electron chi connectivity index (χ4n) is 3.17. The van der Waals surface area contributed by atoms with Gasteiger partial charge in [0.15, 0.2) is 5.82 Å². The fourth-order valence-corrected chi connectivity index (χ4v) is 3.52. The van der Waals surface area contributed by atoms with Crippen LogP contribution in [0.5, 0.6) is 0 Å². The van der Waals surface area contributed by atoms with Gasteiger partial charge in [0, 0.05) is 23.0 Å². The highest BCUT2D eigenvalue weighted by molar-refractivity contribution is 9.10. The molecule has 0 unspecified atom stereocenters. The van der Waals surface area contributed by atoms with Crippen molar-refractivity contribution in [3.8, 4) is 0 Å². The van der Waals surface area contributed by atoms with Crippen LogP contribution in [0.1, 0.15) is 26.6 Å². The zero-order valence-electron chi connectivity index (χ0n) is 16.4. The second kappa shape index (κ2) is 9.37. The minimum atomic E-state index is -0.423. The first-order valence-electron chi connectivity index (χ1n) is 9.02. The highest BCUT2D eigenvalue weighted by Gasteiger charge is 2.25. The van der Waals surface area contributed by atoms with E-state index >= 15 is 0 Å². The van der Waals surface area contributed by atoms with E-state index in [1.807, 2.05) is 39.0 Å². The molecule has 9 heteroatoms. The summed E-state index contributed by atoms with van der Waals surface area (Å²) in [5, 5.41) is 0.993. The number of hydrogen-bond acceptors (Lipinski definition) is 6. The number of benzene rings is 1. The lowest BCUT2D eigenvalue weighted by Gasteiger charge is -2.27. The molecule has 0 aliphatic carbocycles. The van der Waals surface area contributed by atoms with Gasteiger partial charge < -0.3 is 25.5 Å². The number of nitrogens with two attached hydrogens (primary N) is 2. The van der Waals surface area contributed by atoms with Crippen LogP contribution in [-0.2, 0) is 22.6 Å². The van der Waals surface area contributed by atoms with E-state index in [-0.39, 0.29) is 12.4 Å². The molecule has 0 spiro atoms. The van der Waals surface area contributed by atoms with Crippen molar-refractivity contribution in [2.75, 3.05) is 25.5 Å². The summed E-state index contributed by atoms with van der Waals surface area (Å²) in [5.74, 6) is 1.22. The van der Waals surface area contributed by atoms with Crippen molar-refractivity contribution in [3.63, 3.8) is 0 Å². The minimum absolute atomic E-state index is 0. The number of halogens is 2. The smallest absolute Gasteiger partial charge is 0.152 e. The Balaban J connectivity index is 0.00000280. The molecule has 154 valence electrons. The van der Waals surface area contributed by atoms with E-state index in [4.69, 9.17) is 25.9 Å². The second-order valence-corrected chi connectivity index (χ2v) is 7.92. The number of pyridine rings is 1. The van der Waals surface area contributed by atoms with Crippen molar-refractivity contribution >= 4 is 56.1 Å². The number of hydrogen-bond donors (Lipinski definition) is 2. The van der Waals surface area contributed by atoms with Gasteiger partial charge in [0.25, 0.3) is 0 Å². The summed E-state index contributed by atoms with van der Waals surface area (Å²) in [4.78, 5) is 9.27. The Kier molecular flexibility index (Phi) is 7.64. The SMILES string of the molecule is CCOCc1nc2c(N)nc3cc(Br)ccc3c2n1CC(C)(C)OCCN.Cl. The van der Waals surface area contributed by atoms with Crippen LogP contribution in [-0.4, -0.2) is 39.9 Å². The predicted molar refractivity (Wildman–Crippen MR) is 119 cm³/mol. The van der Waals surface area contributed by atoms with Crippen LogP contribution in [0.4, 0.5) is 5.82 Å². The van der Waals surface area contributed by atoms with Crippen LogP contribution < -0.4 is 11.5 Å². The average Bonchev–Trinajstić information content (AvgIpc) is 2.96. The van der Waals surface area contributed by atoms with E-state index < -0.39 is 5.60 Å². The Bertz CT molecular complexity index is 961. The van der Waals surface area contributed by atoms with Crippen LogP contribution >= 0.6 is 28.3 Å². The molecule has 3 aromatic rings. The van der Waals surface area contributed by atoms with Gasteiger partial charge in [-0.3, -0.25) is 0 Å². The maximum Gasteiger partial charge on any atom is 0.152 e. The molecule has 0 amide bonds. The zero-order valence-corrected chi connectivity index (χ0v) is 18.8. The molecule has 0 saturated carbocycles. The summed E-state index contributed by atoms with van der Waals surface area (Å²) in [6.07, 6.45) is 0. The van der Waals surface area contributed by atoms with E-state index in [0.29, 0.717) is 44.2 Å². The molecule has 0 fully saturated rings. The number of fused-ring (bicyclic) bond motifs is 3. The topological polar surface area (TPSA) is 101 Å².